The van der Waals surface area contributed by atoms with Gasteiger partial charge in [-0.2, -0.15) is 5.10 Å². The number of aromatic hydroxyl groups is 4. The number of benzene rings is 9. The maximum Gasteiger partial charge on any atom is 0.224 e. The molecule has 16 rings (SSSR count). The fourth-order valence-electron chi connectivity index (χ4n) is 18.6. The quantitative estimate of drug-likeness (QED) is 0.0143. The number of alkyl halides is 4. The van der Waals surface area contributed by atoms with Crippen LogP contribution in [0.25, 0.3) is 16.7 Å². The number of H-pyrrole nitrogens is 1. The molecule has 0 bridgehead atoms. The summed E-state index contributed by atoms with van der Waals surface area (Å²) in [7, 11) is 11.1. The van der Waals surface area contributed by atoms with E-state index in [-0.39, 0.29) is 135 Å². The van der Waals surface area contributed by atoms with Crippen LogP contribution in [0.3, 0.4) is 0 Å². The number of aromatic amines is 1. The van der Waals surface area contributed by atoms with Crippen LogP contribution < -0.4 is 53.8 Å². The average molecular weight is 1890 g/mol. The Morgan fingerprint density at radius 3 is 1.28 bits per heavy atom. The van der Waals surface area contributed by atoms with Crippen LogP contribution in [0.15, 0.2) is 226 Å². The van der Waals surface area contributed by atoms with E-state index >= 15 is 17.6 Å². The largest absolute Gasteiger partial charge is 0.502 e. The summed E-state index contributed by atoms with van der Waals surface area (Å²) in [6.07, 6.45) is 3.99. The molecule has 0 radical (unpaired) electrons. The molecule has 137 heavy (non-hydrogen) atoms. The molecule has 718 valence electrons. The number of phenols is 4. The van der Waals surface area contributed by atoms with Gasteiger partial charge in [0.25, 0.3) is 0 Å². The number of aromatic nitrogens is 2. The summed E-state index contributed by atoms with van der Waals surface area (Å²) in [4.78, 5) is 50.6. The van der Waals surface area contributed by atoms with Crippen molar-refractivity contribution in [3.8, 4) is 69.0 Å². The first-order valence-corrected chi connectivity index (χ1v) is 43.8. The first-order chi connectivity index (χ1) is 65.6. The summed E-state index contributed by atoms with van der Waals surface area (Å²) in [5, 5.41) is 55.7. The Kier molecular flexibility index (Phi) is 31.4. The highest BCUT2D eigenvalue weighted by Crippen LogP contribution is 2.64. The van der Waals surface area contributed by atoms with Gasteiger partial charge in [-0.25, -0.2) is 35.1 Å². The number of allylic oxidation sites excluding steroid dienone is 4. The van der Waals surface area contributed by atoms with Gasteiger partial charge < -0.3 is 83.1 Å². The lowest BCUT2D eigenvalue weighted by atomic mass is 9.72. The zero-order valence-electron chi connectivity index (χ0n) is 77.4. The Hall–Kier alpha value is -14.9. The lowest BCUT2D eigenvalue weighted by Crippen LogP contribution is -2.46. The van der Waals surface area contributed by atoms with Crippen LogP contribution in [0.1, 0.15) is 203 Å². The normalized spacial score (nSPS) is 17.6. The lowest BCUT2D eigenvalue weighted by molar-refractivity contribution is -0.124. The number of Topliss-reactive ketones (excluding diaryl/α,β-unsaturated/α-hetero) is 1. The number of furan rings is 2. The summed E-state index contributed by atoms with van der Waals surface area (Å²) < 4.78 is 175. The number of rotatable bonds is 32. The van der Waals surface area contributed by atoms with Crippen molar-refractivity contribution in [3.05, 3.63) is 330 Å². The highest BCUT2D eigenvalue weighted by molar-refractivity contribution is 5.97. The van der Waals surface area contributed by atoms with Crippen LogP contribution in [0, 0.1) is 23.3 Å². The molecule has 4 aliphatic rings. The number of methoxy groups -OCH3 is 8. The second-order valence-electron chi connectivity index (χ2n) is 33.6. The van der Waals surface area contributed by atoms with Gasteiger partial charge in [0.1, 0.15) is 47.1 Å². The smallest absolute Gasteiger partial charge is 0.224 e. The van der Waals surface area contributed by atoms with Crippen molar-refractivity contribution in [3.63, 3.8) is 0 Å². The van der Waals surface area contributed by atoms with Crippen molar-refractivity contribution < 1.29 is 121 Å². The van der Waals surface area contributed by atoms with Gasteiger partial charge in [0.05, 0.1) is 107 Å². The molecule has 23 nitrogen and oxygen atoms in total. The number of nitrogens with zero attached hydrogens (tertiary/aromatic N) is 1. The number of hydrogen-bond donors (Lipinski definition) is 8. The number of ether oxygens (including phenoxy) is 8. The highest BCUT2D eigenvalue weighted by atomic mass is 19.2. The molecule has 0 fully saturated rings. The van der Waals surface area contributed by atoms with E-state index < -0.39 is 77.1 Å². The lowest BCUT2D eigenvalue weighted by Gasteiger charge is -2.39. The maximum absolute atomic E-state index is 17.2. The van der Waals surface area contributed by atoms with E-state index in [0.717, 1.165) is 52.5 Å². The van der Waals surface area contributed by atoms with E-state index in [9.17, 15) is 57.2 Å². The number of hydrogen-bond acceptors (Lipinski definition) is 19. The number of carbonyl (C=O) groups is 4. The van der Waals surface area contributed by atoms with Gasteiger partial charge in [-0.1, -0.05) is 78.2 Å². The Morgan fingerprint density at radius 2 is 0.861 bits per heavy atom. The van der Waals surface area contributed by atoms with Crippen molar-refractivity contribution in [1.82, 2.24) is 26.1 Å². The summed E-state index contributed by atoms with van der Waals surface area (Å²) in [5.41, 5.74) is 6.72. The maximum atomic E-state index is 17.2. The van der Waals surface area contributed by atoms with E-state index in [2.05, 4.69) is 26.1 Å². The predicted octanol–water partition coefficient (Wildman–Crippen LogP) is 22.0. The van der Waals surface area contributed by atoms with Crippen molar-refractivity contribution >= 4 is 40.2 Å². The second-order valence-corrected chi connectivity index (χ2v) is 33.6. The Balaban J connectivity index is 0.000000154. The standard InChI is InChI=1S/C28H27F2NO4.C27H28F3NO5.C26H25F2NO5.C25H25FN2O4/c1-16-21(14-25(32)31-15-17-7-5-4-6-8-17)22-13-19(29)9-10-20(22)26(16)27(30)18-11-23(34-2)28(33)24(12-18)35-3;1-15(16-10-22(34-3)25(33)23(11-16)35-4)27(30)20-8-7-17(28)12-19(20)21(26(27,2)29)13-24(32)31-14-18-6-5-9-36-18;1-14-19(12-23(30)29-13-17-5-4-8-34-17)20-11-16(27)6-7-18(20)24(14)25(28)15-9-21(32-2)26(31)22(10-15)33-3;1-14-18(6-7-22(29)16-12-27-28-13-16)21-11-17(26)4-5-19(21)20(14)8-15-9-23(31-2)25(30)24(10-15)32-3/h4-13,26-27,33H,14-15H2,1-3H3,(H,31,32);5-12,15,21,33H,13-14H2,1-4H3,(H,31,32);4-11,24-25,31H,12-13H2,1-3H3,(H,29,30);4-5,9-13,20,30H,6-8H2,1-3H3,(H,27,28). The zero-order chi connectivity index (χ0) is 98.6. The fourth-order valence-corrected chi connectivity index (χ4v) is 18.6. The minimum atomic E-state index is -2.64. The summed E-state index contributed by atoms with van der Waals surface area (Å²) in [6, 6.07) is 45.0. The van der Waals surface area contributed by atoms with E-state index in [1.54, 1.807) is 74.6 Å². The third-order valence-electron chi connectivity index (χ3n) is 25.8. The predicted molar refractivity (Wildman–Crippen MR) is 497 cm³/mol. The van der Waals surface area contributed by atoms with E-state index in [4.69, 9.17) is 46.7 Å². The molecule has 9 aromatic carbocycles. The summed E-state index contributed by atoms with van der Waals surface area (Å²) >= 11 is 0. The van der Waals surface area contributed by atoms with Crippen LogP contribution in [0.4, 0.5) is 35.1 Å². The summed E-state index contributed by atoms with van der Waals surface area (Å²) in [5.74, 6) is -5.37. The zero-order valence-corrected chi connectivity index (χ0v) is 77.4. The highest BCUT2D eigenvalue weighted by Gasteiger charge is 2.65. The molecule has 8 N–H and O–H groups in total. The molecule has 12 aromatic rings. The fraction of sp³-hybridized carbons (Fsp3) is 0.292. The molecule has 9 atom stereocenters. The van der Waals surface area contributed by atoms with Gasteiger partial charge >= 0.3 is 0 Å². The average Bonchev–Trinajstić information content (AvgIpc) is 1.53. The molecule has 4 aliphatic carbocycles. The molecule has 3 heterocycles. The number of nitrogens with one attached hydrogen (secondary N) is 4. The number of phenolic OH excluding ortho intramolecular Hbond substituents is 4. The van der Waals surface area contributed by atoms with Crippen LogP contribution in [-0.4, -0.2) is 117 Å². The van der Waals surface area contributed by atoms with Gasteiger partial charge in [0, 0.05) is 55.2 Å². The molecule has 9 unspecified atom stereocenters. The molecular weight excluding hydrogens is 1780 g/mol. The van der Waals surface area contributed by atoms with Gasteiger partial charge in [-0.05, 0) is 251 Å². The molecule has 3 aromatic heterocycles. The molecule has 0 saturated heterocycles. The van der Waals surface area contributed by atoms with Crippen molar-refractivity contribution in [2.45, 2.75) is 146 Å². The van der Waals surface area contributed by atoms with Gasteiger partial charge in [0.15, 0.2) is 63.1 Å². The Labute approximate surface area is 786 Å². The third kappa shape index (κ3) is 21.1. The number of halogens is 8. The van der Waals surface area contributed by atoms with Crippen LogP contribution in [0.5, 0.6) is 69.0 Å². The Morgan fingerprint density at radius 1 is 0.460 bits per heavy atom. The van der Waals surface area contributed by atoms with Gasteiger partial charge in [-0.15, -0.1) is 0 Å². The number of fused-ring (bicyclic) bond motifs is 4. The SMILES string of the molecule is COc1cc(C(C)C2(F)c3ccc(F)cc3C(CC(=O)NCc3ccco3)C2(C)F)cc(OC)c1O.COc1cc(C(F)C2C(C)=C(CC(=O)NCc3ccccc3)c3cc(F)ccc32)cc(OC)c1O.COc1cc(C(F)C2C(C)=C(CC(=O)NCc3ccco3)c3cc(F)ccc32)cc(OC)c1O.COc1cc(CC2C(C)=C(CCC(=O)c3cn[nH]c3)c3cc(F)ccc32)cc(OC)c1O. The van der Waals surface area contributed by atoms with Crippen molar-refractivity contribution in [1.29, 1.82) is 0 Å². The number of ketones is 1. The molecule has 0 spiro atoms. The minimum absolute atomic E-state index is 0.000556. The van der Waals surface area contributed by atoms with Crippen molar-refractivity contribution in [2.24, 2.45) is 0 Å². The summed E-state index contributed by atoms with van der Waals surface area (Å²) in [6.45, 7) is 8.82. The second kappa shape index (κ2) is 43.2. The molecule has 31 heteroatoms. The van der Waals surface area contributed by atoms with Crippen LogP contribution in [0.2, 0.25) is 0 Å². The molecule has 0 saturated carbocycles. The number of carbonyl (C=O) groups excluding carboxylic acids is 4. The van der Waals surface area contributed by atoms with Crippen LogP contribution >= 0.6 is 0 Å². The monoisotopic (exact) mass is 1890 g/mol. The van der Waals surface area contributed by atoms with E-state index in [0.29, 0.717) is 104 Å². The first kappa shape index (κ1) is 99.6. The van der Waals surface area contributed by atoms with E-state index in [1.165, 1.54) is 155 Å². The third-order valence-corrected chi connectivity index (χ3v) is 25.8. The molecule has 3 amide bonds. The molecule has 0 aliphatic heterocycles. The minimum Gasteiger partial charge on any atom is -0.502 e. The van der Waals surface area contributed by atoms with Crippen molar-refractivity contribution in [2.75, 3.05) is 56.9 Å². The van der Waals surface area contributed by atoms with Crippen LogP contribution in [-0.2, 0) is 46.1 Å². The topological polar surface area (TPSA) is 314 Å². The first-order valence-electron chi connectivity index (χ1n) is 43.8. The molecular formula is C106H105F8N5O18. The Bertz CT molecular complexity index is 6400. The van der Waals surface area contributed by atoms with Gasteiger partial charge in [-0.3, -0.25) is 24.3 Å². The van der Waals surface area contributed by atoms with Gasteiger partial charge in [0.2, 0.25) is 40.7 Å². The number of amides is 3. The van der Waals surface area contributed by atoms with E-state index in [1.807, 2.05) is 43.3 Å².